The van der Waals surface area contributed by atoms with Crippen molar-refractivity contribution in [3.63, 3.8) is 0 Å². The number of hydrogen-bond donors (Lipinski definition) is 1. The Bertz CT molecular complexity index is 808. The van der Waals surface area contributed by atoms with Gasteiger partial charge >= 0.3 is 6.18 Å². The van der Waals surface area contributed by atoms with E-state index in [4.69, 9.17) is 0 Å². The SMILES string of the molecule is O=C(Nc1ccnn1C1CCCC1)[C@@H]1C[C@H]1c1ccccc1C(F)(F)F. The number of alkyl halides is 3. The van der Waals surface area contributed by atoms with Crippen LogP contribution in [0.4, 0.5) is 19.0 Å². The van der Waals surface area contributed by atoms with Gasteiger partial charge in [-0.15, -0.1) is 0 Å². The largest absolute Gasteiger partial charge is 0.416 e. The van der Waals surface area contributed by atoms with Crippen LogP contribution in [0.2, 0.25) is 0 Å². The lowest BCUT2D eigenvalue weighted by Gasteiger charge is -2.15. The molecule has 2 saturated carbocycles. The highest BCUT2D eigenvalue weighted by Crippen LogP contribution is 2.51. The molecule has 1 N–H and O–H groups in total. The van der Waals surface area contributed by atoms with E-state index in [2.05, 4.69) is 10.4 Å². The molecule has 26 heavy (non-hydrogen) atoms. The molecule has 0 bridgehead atoms. The third kappa shape index (κ3) is 3.22. The van der Waals surface area contributed by atoms with Crippen molar-refractivity contribution in [2.45, 2.75) is 50.2 Å². The molecule has 1 aromatic carbocycles. The fourth-order valence-corrected chi connectivity index (χ4v) is 3.98. The van der Waals surface area contributed by atoms with Gasteiger partial charge in [0.05, 0.1) is 17.8 Å². The number of nitrogens with one attached hydrogen (secondary N) is 1. The lowest BCUT2D eigenvalue weighted by Crippen LogP contribution is -2.19. The van der Waals surface area contributed by atoms with Crippen LogP contribution >= 0.6 is 0 Å². The molecule has 2 fully saturated rings. The van der Waals surface area contributed by atoms with E-state index in [1.165, 1.54) is 12.1 Å². The van der Waals surface area contributed by atoms with Crippen LogP contribution in [0.3, 0.4) is 0 Å². The first-order chi connectivity index (χ1) is 12.4. The molecule has 2 aromatic rings. The Balaban J connectivity index is 1.47. The number of halogens is 3. The molecule has 1 amide bonds. The average molecular weight is 363 g/mol. The van der Waals surface area contributed by atoms with Crippen LogP contribution in [0.1, 0.15) is 55.2 Å². The van der Waals surface area contributed by atoms with Crippen molar-refractivity contribution in [1.29, 1.82) is 0 Å². The summed E-state index contributed by atoms with van der Waals surface area (Å²) in [7, 11) is 0. The zero-order valence-corrected chi connectivity index (χ0v) is 14.2. The lowest BCUT2D eigenvalue weighted by atomic mass is 10.0. The van der Waals surface area contributed by atoms with Gasteiger partial charge in [-0.3, -0.25) is 4.79 Å². The van der Waals surface area contributed by atoms with E-state index in [0.29, 0.717) is 18.3 Å². The molecule has 4 rings (SSSR count). The van der Waals surface area contributed by atoms with E-state index in [-0.39, 0.29) is 17.4 Å². The van der Waals surface area contributed by atoms with Gasteiger partial charge in [0.15, 0.2) is 0 Å². The number of hydrogen-bond acceptors (Lipinski definition) is 2. The Labute approximate surface area is 149 Å². The molecule has 1 heterocycles. The van der Waals surface area contributed by atoms with Crippen molar-refractivity contribution in [1.82, 2.24) is 9.78 Å². The lowest BCUT2D eigenvalue weighted by molar-refractivity contribution is -0.138. The van der Waals surface area contributed by atoms with Gasteiger partial charge in [-0.2, -0.15) is 18.3 Å². The minimum Gasteiger partial charge on any atom is -0.311 e. The molecule has 4 nitrogen and oxygen atoms in total. The van der Waals surface area contributed by atoms with Crippen LogP contribution in [-0.4, -0.2) is 15.7 Å². The van der Waals surface area contributed by atoms with Gasteiger partial charge in [-0.1, -0.05) is 31.0 Å². The summed E-state index contributed by atoms with van der Waals surface area (Å²) < 4.78 is 41.4. The maximum absolute atomic E-state index is 13.2. The minimum atomic E-state index is -4.40. The van der Waals surface area contributed by atoms with Crippen molar-refractivity contribution in [2.24, 2.45) is 5.92 Å². The van der Waals surface area contributed by atoms with Crippen molar-refractivity contribution in [3.05, 3.63) is 47.7 Å². The van der Waals surface area contributed by atoms with Crippen LogP contribution < -0.4 is 5.32 Å². The number of nitrogens with zero attached hydrogens (tertiary/aromatic N) is 2. The molecular weight excluding hydrogens is 343 g/mol. The molecule has 0 radical (unpaired) electrons. The minimum absolute atomic E-state index is 0.212. The maximum atomic E-state index is 13.2. The van der Waals surface area contributed by atoms with Crippen molar-refractivity contribution in [3.8, 4) is 0 Å². The first-order valence-corrected chi connectivity index (χ1v) is 8.95. The summed E-state index contributed by atoms with van der Waals surface area (Å²) in [5.41, 5.74) is -0.430. The molecule has 2 aliphatic rings. The van der Waals surface area contributed by atoms with E-state index in [0.717, 1.165) is 31.7 Å². The van der Waals surface area contributed by atoms with E-state index in [1.54, 1.807) is 18.3 Å². The molecule has 0 spiro atoms. The van der Waals surface area contributed by atoms with Crippen LogP contribution in [-0.2, 0) is 11.0 Å². The number of rotatable bonds is 4. The first-order valence-electron chi connectivity index (χ1n) is 8.95. The summed E-state index contributed by atoms with van der Waals surface area (Å²) in [4.78, 5) is 12.6. The predicted molar refractivity (Wildman–Crippen MR) is 90.7 cm³/mol. The van der Waals surface area contributed by atoms with Gasteiger partial charge in [-0.25, -0.2) is 4.68 Å². The molecule has 2 aliphatic carbocycles. The van der Waals surface area contributed by atoms with E-state index in [9.17, 15) is 18.0 Å². The third-order valence-corrected chi connectivity index (χ3v) is 5.39. The summed E-state index contributed by atoms with van der Waals surface area (Å²) in [5.74, 6) is -0.399. The molecule has 0 unspecified atom stereocenters. The number of carbonyl (C=O) groups excluding carboxylic acids is 1. The second-order valence-electron chi connectivity index (χ2n) is 7.12. The third-order valence-electron chi connectivity index (χ3n) is 5.39. The fourth-order valence-electron chi connectivity index (χ4n) is 3.98. The maximum Gasteiger partial charge on any atom is 0.416 e. The Kier molecular flexibility index (Phi) is 4.25. The fraction of sp³-hybridized carbons (Fsp3) is 0.474. The van der Waals surface area contributed by atoms with Gasteiger partial charge in [0.1, 0.15) is 5.82 Å². The highest BCUT2D eigenvalue weighted by Gasteiger charge is 2.48. The molecule has 0 saturated heterocycles. The summed E-state index contributed by atoms with van der Waals surface area (Å²) in [6.45, 7) is 0. The van der Waals surface area contributed by atoms with Crippen molar-refractivity contribution in [2.75, 3.05) is 5.32 Å². The van der Waals surface area contributed by atoms with Crippen LogP contribution in [0.25, 0.3) is 0 Å². The summed E-state index contributed by atoms with van der Waals surface area (Å²) in [5, 5.41) is 7.18. The zero-order valence-electron chi connectivity index (χ0n) is 14.2. The normalized spacial score (nSPS) is 23.2. The number of carbonyl (C=O) groups is 1. The smallest absolute Gasteiger partial charge is 0.311 e. The topological polar surface area (TPSA) is 46.9 Å². The highest BCUT2D eigenvalue weighted by molar-refractivity contribution is 5.94. The number of aromatic nitrogens is 2. The second-order valence-corrected chi connectivity index (χ2v) is 7.12. The summed E-state index contributed by atoms with van der Waals surface area (Å²) in [6, 6.07) is 7.57. The van der Waals surface area contributed by atoms with Crippen molar-refractivity contribution >= 4 is 11.7 Å². The number of benzene rings is 1. The Morgan fingerprint density at radius 2 is 1.88 bits per heavy atom. The van der Waals surface area contributed by atoms with Gasteiger partial charge in [0.2, 0.25) is 5.91 Å². The standard InChI is InChI=1S/C19H20F3N3O/c20-19(21,22)16-8-4-3-7-13(16)14-11-15(14)18(26)24-17-9-10-23-25(17)12-5-1-2-6-12/h3-4,7-10,12,14-15H,1-2,5-6,11H2,(H,24,26)/t14-,15+/m0/s1. The Hall–Kier alpha value is -2.31. The zero-order chi connectivity index (χ0) is 18.3. The second kappa shape index (κ2) is 6.45. The molecule has 7 heteroatoms. The average Bonchev–Trinajstić information content (AvgIpc) is 2.99. The van der Waals surface area contributed by atoms with E-state index >= 15 is 0 Å². The highest BCUT2D eigenvalue weighted by atomic mass is 19.4. The van der Waals surface area contributed by atoms with E-state index in [1.807, 2.05) is 4.68 Å². The summed E-state index contributed by atoms with van der Waals surface area (Å²) in [6.07, 6.45) is 2.06. The van der Waals surface area contributed by atoms with Crippen LogP contribution in [0.5, 0.6) is 0 Å². The van der Waals surface area contributed by atoms with Gasteiger partial charge in [-0.05, 0) is 36.8 Å². The quantitative estimate of drug-likeness (QED) is 0.851. The Morgan fingerprint density at radius 3 is 2.62 bits per heavy atom. The molecular formula is C19H20F3N3O. The number of anilines is 1. The van der Waals surface area contributed by atoms with E-state index < -0.39 is 17.7 Å². The van der Waals surface area contributed by atoms with Crippen LogP contribution in [0.15, 0.2) is 36.5 Å². The van der Waals surface area contributed by atoms with Crippen LogP contribution in [0, 0.1) is 5.92 Å². The monoisotopic (exact) mass is 363 g/mol. The van der Waals surface area contributed by atoms with Gasteiger partial charge in [0, 0.05) is 12.0 Å². The molecule has 1 aromatic heterocycles. The molecule has 2 atom stereocenters. The van der Waals surface area contributed by atoms with Gasteiger partial charge < -0.3 is 5.32 Å². The number of amides is 1. The molecule has 138 valence electrons. The molecule has 0 aliphatic heterocycles. The summed E-state index contributed by atoms with van der Waals surface area (Å²) >= 11 is 0. The Morgan fingerprint density at radius 1 is 1.15 bits per heavy atom. The predicted octanol–water partition coefficient (Wildman–Crippen LogP) is 4.76. The first kappa shape index (κ1) is 17.1. The van der Waals surface area contributed by atoms with Crippen molar-refractivity contribution < 1.29 is 18.0 Å². The van der Waals surface area contributed by atoms with Gasteiger partial charge in [0.25, 0.3) is 0 Å².